The van der Waals surface area contributed by atoms with Gasteiger partial charge in [0.25, 0.3) is 0 Å². The van der Waals surface area contributed by atoms with E-state index in [0.29, 0.717) is 9.99 Å². The summed E-state index contributed by atoms with van der Waals surface area (Å²) < 4.78 is 64.4. The molecule has 0 heterocycles. The standard InChI is InChI=1S/C17H17F3N2O3S/c1-21(13-8-4-3-5-9-13)16(23)12-22(26(2,24)25)15-11-7-6-10-14(15)17(18,19)20/h3-11H,12H2,1-2H3. The highest BCUT2D eigenvalue weighted by Gasteiger charge is 2.37. The molecule has 2 aromatic rings. The molecule has 5 nitrogen and oxygen atoms in total. The molecular formula is C17H17F3N2O3S. The van der Waals surface area contributed by atoms with Crippen molar-refractivity contribution >= 4 is 27.3 Å². The van der Waals surface area contributed by atoms with Gasteiger partial charge < -0.3 is 4.90 Å². The van der Waals surface area contributed by atoms with Crippen LogP contribution in [0.1, 0.15) is 5.56 Å². The van der Waals surface area contributed by atoms with Gasteiger partial charge in [-0.05, 0) is 24.3 Å². The van der Waals surface area contributed by atoms with E-state index in [1.807, 2.05) is 0 Å². The van der Waals surface area contributed by atoms with Gasteiger partial charge in [0, 0.05) is 12.7 Å². The van der Waals surface area contributed by atoms with Crippen molar-refractivity contribution in [3.63, 3.8) is 0 Å². The molecule has 0 aromatic heterocycles. The van der Waals surface area contributed by atoms with E-state index >= 15 is 0 Å². The molecule has 0 fully saturated rings. The van der Waals surface area contributed by atoms with Gasteiger partial charge in [-0.2, -0.15) is 13.2 Å². The molecule has 0 unspecified atom stereocenters. The summed E-state index contributed by atoms with van der Waals surface area (Å²) in [5.41, 5.74) is -1.21. The van der Waals surface area contributed by atoms with Crippen molar-refractivity contribution in [1.82, 2.24) is 0 Å². The van der Waals surface area contributed by atoms with Gasteiger partial charge in [0.15, 0.2) is 0 Å². The Hall–Kier alpha value is -2.55. The van der Waals surface area contributed by atoms with Crippen LogP contribution in [-0.4, -0.2) is 34.2 Å². The number of alkyl halides is 3. The van der Waals surface area contributed by atoms with Gasteiger partial charge in [0.2, 0.25) is 15.9 Å². The third-order valence-electron chi connectivity index (χ3n) is 3.67. The van der Waals surface area contributed by atoms with Crippen LogP contribution in [0.2, 0.25) is 0 Å². The highest BCUT2D eigenvalue weighted by atomic mass is 32.2. The van der Waals surface area contributed by atoms with E-state index in [4.69, 9.17) is 0 Å². The van der Waals surface area contributed by atoms with Crippen molar-refractivity contribution in [2.24, 2.45) is 0 Å². The lowest BCUT2D eigenvalue weighted by atomic mass is 10.1. The summed E-state index contributed by atoms with van der Waals surface area (Å²) in [7, 11) is -2.70. The Kier molecular flexibility index (Phi) is 5.60. The van der Waals surface area contributed by atoms with Gasteiger partial charge in [0.05, 0.1) is 17.5 Å². The van der Waals surface area contributed by atoms with E-state index < -0.39 is 39.9 Å². The second kappa shape index (κ2) is 7.36. The lowest BCUT2D eigenvalue weighted by Gasteiger charge is -2.27. The first-order chi connectivity index (χ1) is 12.0. The number of halogens is 3. The van der Waals surface area contributed by atoms with Crippen molar-refractivity contribution in [3.05, 3.63) is 60.2 Å². The van der Waals surface area contributed by atoms with Crippen LogP contribution in [-0.2, 0) is 21.0 Å². The van der Waals surface area contributed by atoms with Gasteiger partial charge >= 0.3 is 6.18 Å². The maximum Gasteiger partial charge on any atom is 0.418 e. The topological polar surface area (TPSA) is 57.7 Å². The fourth-order valence-electron chi connectivity index (χ4n) is 2.34. The van der Waals surface area contributed by atoms with Crippen LogP contribution in [0.4, 0.5) is 24.5 Å². The van der Waals surface area contributed by atoms with Crippen LogP contribution in [0.15, 0.2) is 54.6 Å². The number of hydrogen-bond donors (Lipinski definition) is 0. The predicted octanol–water partition coefficient (Wildman–Crippen LogP) is 3.13. The maximum atomic E-state index is 13.2. The van der Waals surface area contributed by atoms with Crippen molar-refractivity contribution in [2.75, 3.05) is 29.1 Å². The number of para-hydroxylation sites is 2. The lowest BCUT2D eigenvalue weighted by Crippen LogP contribution is -2.42. The molecule has 0 saturated heterocycles. The summed E-state index contributed by atoms with van der Waals surface area (Å²) in [5, 5.41) is 0. The van der Waals surface area contributed by atoms with Crippen molar-refractivity contribution in [3.8, 4) is 0 Å². The van der Waals surface area contributed by atoms with E-state index in [0.717, 1.165) is 24.5 Å². The molecule has 0 aliphatic carbocycles. The largest absolute Gasteiger partial charge is 0.418 e. The van der Waals surface area contributed by atoms with E-state index in [-0.39, 0.29) is 0 Å². The zero-order valence-corrected chi connectivity index (χ0v) is 14.9. The molecular weight excluding hydrogens is 369 g/mol. The second-order valence-electron chi connectivity index (χ2n) is 5.57. The molecule has 0 radical (unpaired) electrons. The van der Waals surface area contributed by atoms with Crippen molar-refractivity contribution < 1.29 is 26.4 Å². The minimum atomic E-state index is -4.76. The maximum absolute atomic E-state index is 13.2. The van der Waals surface area contributed by atoms with E-state index in [1.54, 1.807) is 30.3 Å². The first-order valence-electron chi connectivity index (χ1n) is 7.47. The number of nitrogens with zero attached hydrogens (tertiary/aromatic N) is 2. The summed E-state index contributed by atoms with van der Waals surface area (Å²) in [6, 6.07) is 12.6. The first-order valence-corrected chi connectivity index (χ1v) is 9.32. The molecule has 140 valence electrons. The highest BCUT2D eigenvalue weighted by Crippen LogP contribution is 2.37. The summed E-state index contributed by atoms with van der Waals surface area (Å²) in [6.07, 6.45) is -4.00. The number of amides is 1. The SMILES string of the molecule is CN(C(=O)CN(c1ccccc1C(F)(F)F)S(C)(=O)=O)c1ccccc1. The predicted molar refractivity (Wildman–Crippen MR) is 93.5 cm³/mol. The number of anilines is 2. The Morgan fingerprint density at radius 3 is 2.08 bits per heavy atom. The molecule has 0 spiro atoms. The number of hydrogen-bond acceptors (Lipinski definition) is 3. The molecule has 1 amide bonds. The average Bonchev–Trinajstić information content (AvgIpc) is 2.57. The van der Waals surface area contributed by atoms with Crippen molar-refractivity contribution in [1.29, 1.82) is 0 Å². The summed E-state index contributed by atoms with van der Waals surface area (Å²) in [5.74, 6) is -0.668. The molecule has 0 aliphatic rings. The lowest BCUT2D eigenvalue weighted by molar-refractivity contribution is -0.137. The number of sulfonamides is 1. The molecule has 9 heteroatoms. The van der Waals surface area contributed by atoms with Gasteiger partial charge in [-0.3, -0.25) is 9.10 Å². The third-order valence-corrected chi connectivity index (χ3v) is 4.80. The Bertz CT molecular complexity index is 884. The summed E-state index contributed by atoms with van der Waals surface area (Å²) >= 11 is 0. The van der Waals surface area contributed by atoms with E-state index in [9.17, 15) is 26.4 Å². The Balaban J connectivity index is 2.41. The monoisotopic (exact) mass is 386 g/mol. The number of carbonyl (C=O) groups is 1. The van der Waals surface area contributed by atoms with Crippen LogP contribution in [0.3, 0.4) is 0 Å². The fraction of sp³-hybridized carbons (Fsp3) is 0.235. The Labute approximate surface area is 149 Å². The van der Waals surface area contributed by atoms with Gasteiger partial charge in [0.1, 0.15) is 6.54 Å². The minimum Gasteiger partial charge on any atom is -0.314 e. The molecule has 2 aromatic carbocycles. The molecule has 0 saturated carbocycles. The summed E-state index contributed by atoms with van der Waals surface area (Å²) in [6.45, 7) is -0.753. The minimum absolute atomic E-state index is 0.470. The Morgan fingerprint density at radius 2 is 1.54 bits per heavy atom. The van der Waals surface area contributed by atoms with Crippen LogP contribution in [0.25, 0.3) is 0 Å². The first kappa shape index (κ1) is 19.8. The van der Waals surface area contributed by atoms with Crippen molar-refractivity contribution in [2.45, 2.75) is 6.18 Å². The van der Waals surface area contributed by atoms with Gasteiger partial charge in [-0.15, -0.1) is 0 Å². The Morgan fingerprint density at radius 1 is 1.00 bits per heavy atom. The number of benzene rings is 2. The molecule has 0 aliphatic heterocycles. The quantitative estimate of drug-likeness (QED) is 0.793. The number of likely N-dealkylation sites (N-methyl/N-ethyl adjacent to an activating group) is 1. The number of carbonyl (C=O) groups excluding carboxylic acids is 1. The van der Waals surface area contributed by atoms with E-state index in [2.05, 4.69) is 0 Å². The van der Waals surface area contributed by atoms with Crippen LogP contribution in [0, 0.1) is 0 Å². The number of rotatable bonds is 5. The van der Waals surface area contributed by atoms with Crippen LogP contribution >= 0.6 is 0 Å². The zero-order chi connectivity index (χ0) is 19.5. The molecule has 26 heavy (non-hydrogen) atoms. The van der Waals surface area contributed by atoms with Gasteiger partial charge in [-0.25, -0.2) is 8.42 Å². The normalized spacial score (nSPS) is 11.9. The van der Waals surface area contributed by atoms with Crippen LogP contribution in [0.5, 0.6) is 0 Å². The third kappa shape index (κ3) is 4.54. The second-order valence-corrected chi connectivity index (χ2v) is 7.48. The van der Waals surface area contributed by atoms with Crippen LogP contribution < -0.4 is 9.21 Å². The smallest absolute Gasteiger partial charge is 0.314 e. The molecule has 0 atom stereocenters. The van der Waals surface area contributed by atoms with E-state index in [1.165, 1.54) is 18.0 Å². The molecule has 2 rings (SSSR count). The average molecular weight is 386 g/mol. The van der Waals surface area contributed by atoms with Gasteiger partial charge in [-0.1, -0.05) is 30.3 Å². The fourth-order valence-corrected chi connectivity index (χ4v) is 3.20. The molecule has 0 bridgehead atoms. The highest BCUT2D eigenvalue weighted by molar-refractivity contribution is 7.92. The zero-order valence-electron chi connectivity index (χ0n) is 14.1. The molecule has 0 N–H and O–H groups in total. The summed E-state index contributed by atoms with van der Waals surface area (Å²) in [4.78, 5) is 13.7.